The molecule has 0 saturated heterocycles. The van der Waals surface area contributed by atoms with Crippen molar-refractivity contribution in [3.05, 3.63) is 10.6 Å². The van der Waals surface area contributed by atoms with Gasteiger partial charge >= 0.3 is 7.60 Å². The van der Waals surface area contributed by atoms with E-state index in [1.165, 1.54) is 0 Å². The lowest BCUT2D eigenvalue weighted by molar-refractivity contribution is 0.384. The van der Waals surface area contributed by atoms with E-state index in [0.717, 1.165) is 0 Å². The molecular weight excluding hydrogens is 231 g/mol. The molecule has 0 aliphatic carbocycles. The van der Waals surface area contributed by atoms with Crippen LogP contribution >= 0.6 is 7.60 Å². The van der Waals surface area contributed by atoms with Crippen molar-refractivity contribution in [1.82, 2.24) is 0 Å². The summed E-state index contributed by atoms with van der Waals surface area (Å²) in [5, 5.41) is 0. The molecule has 0 fully saturated rings. The molecule has 2 N–H and O–H groups in total. The molecule has 0 bridgehead atoms. The van der Waals surface area contributed by atoms with Crippen molar-refractivity contribution in [3.8, 4) is 0 Å². The van der Waals surface area contributed by atoms with E-state index in [-0.39, 0.29) is 0 Å². The topological polar surface area (TPSA) is 57.5 Å². The summed E-state index contributed by atoms with van der Waals surface area (Å²) in [7, 11) is -7.49. The maximum atomic E-state index is 11.3. The molecule has 0 amide bonds. The molecule has 0 aliphatic rings. The van der Waals surface area contributed by atoms with Crippen LogP contribution in [0.3, 0.4) is 0 Å². The molecule has 0 atom stereocenters. The van der Waals surface area contributed by atoms with Gasteiger partial charge in [0.25, 0.3) is 0 Å². The van der Waals surface area contributed by atoms with Crippen molar-refractivity contribution in [1.29, 1.82) is 0 Å². The largest absolute Gasteiger partial charge is 0.347 e. The molecule has 0 spiro atoms. The second-order valence-electron chi connectivity index (χ2n) is 5.69. The lowest BCUT2D eigenvalue weighted by Crippen LogP contribution is -2.28. The van der Waals surface area contributed by atoms with Crippen LogP contribution in [-0.4, -0.2) is 25.9 Å². The van der Waals surface area contributed by atoms with Gasteiger partial charge in [0.2, 0.25) is 0 Å². The van der Waals surface area contributed by atoms with E-state index in [0.29, 0.717) is 4.94 Å². The zero-order chi connectivity index (χ0) is 11.8. The number of hydrogen-bond acceptors (Lipinski definition) is 1. The normalized spacial score (nSPS) is 15.9. The zero-order valence-corrected chi connectivity index (χ0v) is 12.7. The molecule has 84 valence electrons. The highest BCUT2D eigenvalue weighted by molar-refractivity contribution is 7.61. The van der Waals surface area contributed by atoms with Gasteiger partial charge in [-0.3, -0.25) is 4.57 Å². The van der Waals surface area contributed by atoms with Gasteiger partial charge < -0.3 is 9.79 Å². The Morgan fingerprint density at radius 3 is 1.50 bits per heavy atom. The Kier molecular flexibility index (Phi) is 4.15. The fraction of sp³-hybridized carbons (Fsp3) is 0.750. The fourth-order valence-corrected chi connectivity index (χ4v) is 10.3. The van der Waals surface area contributed by atoms with Crippen LogP contribution in [0, 0.1) is 0 Å². The maximum absolute atomic E-state index is 11.3. The molecule has 14 heavy (non-hydrogen) atoms. The van der Waals surface area contributed by atoms with E-state index >= 15 is 0 Å². The van der Waals surface area contributed by atoms with Crippen LogP contribution in [0.2, 0.25) is 39.3 Å². The Morgan fingerprint density at radius 1 is 1.07 bits per heavy atom. The minimum Gasteiger partial charge on any atom is -0.322 e. The van der Waals surface area contributed by atoms with Gasteiger partial charge in [-0.2, -0.15) is 0 Å². The van der Waals surface area contributed by atoms with Crippen LogP contribution in [0.25, 0.3) is 0 Å². The van der Waals surface area contributed by atoms with Crippen molar-refractivity contribution in [3.63, 3.8) is 0 Å². The summed E-state index contributed by atoms with van der Waals surface area (Å²) < 4.78 is 11.3. The summed E-state index contributed by atoms with van der Waals surface area (Å²) in [6, 6.07) is 0. The molecule has 0 unspecified atom stereocenters. The summed E-state index contributed by atoms with van der Waals surface area (Å²) in [6.07, 6.45) is 0. The SMILES string of the molecule is C[Si](C)(C)C=C([Si](C)(C)C)P(=O)(O)O. The third kappa shape index (κ3) is 5.27. The smallest absolute Gasteiger partial charge is 0.322 e. The standard InChI is InChI=1S/C8H21O3PSi2/c1-13(2,3)7-8(12(9,10)11)14(4,5)6/h7H,1-6H3,(H2,9,10,11). The van der Waals surface area contributed by atoms with Gasteiger partial charge in [-0.25, -0.2) is 0 Å². The molecule has 0 aliphatic heterocycles. The van der Waals surface area contributed by atoms with E-state index < -0.39 is 23.7 Å². The third-order valence-electron chi connectivity index (χ3n) is 1.65. The Balaban J connectivity index is 5.38. The Bertz CT molecular complexity index is 280. The molecule has 0 aromatic rings. The van der Waals surface area contributed by atoms with E-state index in [4.69, 9.17) is 0 Å². The van der Waals surface area contributed by atoms with Crippen molar-refractivity contribution in [2.45, 2.75) is 39.3 Å². The van der Waals surface area contributed by atoms with E-state index in [2.05, 4.69) is 19.6 Å². The van der Waals surface area contributed by atoms with Crippen LogP contribution in [0.5, 0.6) is 0 Å². The lowest BCUT2D eigenvalue weighted by atomic mass is 11.2. The molecule has 0 rings (SSSR count). The van der Waals surface area contributed by atoms with Gasteiger partial charge in [0.05, 0.1) is 16.1 Å². The number of rotatable bonds is 3. The monoisotopic (exact) mass is 252 g/mol. The first-order valence-corrected chi connectivity index (χ1v) is 13.3. The van der Waals surface area contributed by atoms with Crippen LogP contribution in [0.15, 0.2) is 10.6 Å². The third-order valence-corrected chi connectivity index (χ3v) is 8.66. The van der Waals surface area contributed by atoms with E-state index in [1.807, 2.05) is 25.3 Å². The first-order valence-electron chi connectivity index (χ1n) is 4.63. The van der Waals surface area contributed by atoms with Gasteiger partial charge in [-0.1, -0.05) is 45.0 Å². The molecule has 6 heteroatoms. The minimum absolute atomic E-state index is 0.421. The van der Waals surface area contributed by atoms with Crippen molar-refractivity contribution < 1.29 is 14.4 Å². The molecule has 0 aromatic heterocycles. The molecule has 0 saturated carbocycles. The Labute approximate surface area is 88.4 Å². The molecular formula is C8H21O3PSi2. The highest BCUT2D eigenvalue weighted by Gasteiger charge is 2.34. The average Bonchev–Trinajstić information content (AvgIpc) is 1.75. The summed E-state index contributed by atoms with van der Waals surface area (Å²) in [4.78, 5) is 19.0. The summed E-state index contributed by atoms with van der Waals surface area (Å²) in [5.41, 5.74) is 1.88. The van der Waals surface area contributed by atoms with Crippen molar-refractivity contribution >= 4 is 23.7 Å². The van der Waals surface area contributed by atoms with Crippen LogP contribution in [-0.2, 0) is 4.57 Å². The van der Waals surface area contributed by atoms with E-state index in [1.54, 1.807) is 0 Å². The second kappa shape index (κ2) is 4.06. The highest BCUT2D eigenvalue weighted by atomic mass is 31.2. The average molecular weight is 252 g/mol. The minimum atomic E-state index is -4.04. The lowest BCUT2D eigenvalue weighted by Gasteiger charge is -2.25. The van der Waals surface area contributed by atoms with Gasteiger partial charge in [0, 0.05) is 4.94 Å². The van der Waals surface area contributed by atoms with Crippen molar-refractivity contribution in [2.24, 2.45) is 0 Å². The molecule has 3 nitrogen and oxygen atoms in total. The van der Waals surface area contributed by atoms with Gasteiger partial charge in [0.1, 0.15) is 0 Å². The molecule has 0 radical (unpaired) electrons. The first-order chi connectivity index (χ1) is 5.84. The second-order valence-corrected chi connectivity index (χ2v) is 17.7. The quantitative estimate of drug-likeness (QED) is 0.600. The first kappa shape index (κ1) is 14.3. The zero-order valence-electron chi connectivity index (χ0n) is 9.83. The van der Waals surface area contributed by atoms with Crippen LogP contribution in [0.1, 0.15) is 0 Å². The highest BCUT2D eigenvalue weighted by Crippen LogP contribution is 2.50. The predicted octanol–water partition coefficient (Wildman–Crippen LogP) is 2.80. The Hall–Kier alpha value is 0.324. The molecule has 0 aromatic carbocycles. The van der Waals surface area contributed by atoms with E-state index in [9.17, 15) is 14.4 Å². The van der Waals surface area contributed by atoms with Gasteiger partial charge in [0.15, 0.2) is 0 Å². The van der Waals surface area contributed by atoms with Gasteiger partial charge in [-0.15, -0.1) is 0 Å². The summed E-state index contributed by atoms with van der Waals surface area (Å²) in [5.74, 6) is 0. The van der Waals surface area contributed by atoms with Crippen LogP contribution in [0.4, 0.5) is 0 Å². The van der Waals surface area contributed by atoms with Crippen LogP contribution < -0.4 is 0 Å². The molecule has 0 heterocycles. The number of hydrogen-bond donors (Lipinski definition) is 2. The van der Waals surface area contributed by atoms with Crippen molar-refractivity contribution in [2.75, 3.05) is 0 Å². The van der Waals surface area contributed by atoms with Gasteiger partial charge in [-0.05, 0) is 0 Å². The Morgan fingerprint density at radius 2 is 1.43 bits per heavy atom. The predicted molar refractivity (Wildman–Crippen MR) is 66.8 cm³/mol. The summed E-state index contributed by atoms with van der Waals surface area (Å²) >= 11 is 0. The summed E-state index contributed by atoms with van der Waals surface area (Å²) in [6.45, 7) is 12.2. The fourth-order valence-electron chi connectivity index (χ4n) is 1.15. The maximum Gasteiger partial charge on any atom is 0.347 e.